The summed E-state index contributed by atoms with van der Waals surface area (Å²) in [5.74, 6) is 1.17. The van der Waals surface area contributed by atoms with E-state index in [-0.39, 0.29) is 5.41 Å². The van der Waals surface area contributed by atoms with E-state index in [4.69, 9.17) is 4.98 Å². The van der Waals surface area contributed by atoms with Crippen LogP contribution in [-0.4, -0.2) is 9.55 Å². The number of rotatable bonds is 3. The van der Waals surface area contributed by atoms with Crippen LogP contribution in [0.2, 0.25) is 0 Å². The van der Waals surface area contributed by atoms with Crippen LogP contribution in [0.25, 0.3) is 11.0 Å². The number of fused-ring (bicyclic) bond motifs is 1. The fourth-order valence-electron chi connectivity index (χ4n) is 2.76. The van der Waals surface area contributed by atoms with Crippen LogP contribution in [0.5, 0.6) is 0 Å². The summed E-state index contributed by atoms with van der Waals surface area (Å²) in [6, 6.07) is 19.1. The van der Waals surface area contributed by atoms with Gasteiger partial charge >= 0.3 is 0 Å². The van der Waals surface area contributed by atoms with Gasteiger partial charge in [-0.1, -0.05) is 63.2 Å². The van der Waals surface area contributed by atoms with Gasteiger partial charge in [0.2, 0.25) is 0 Å². The van der Waals surface area contributed by atoms with Gasteiger partial charge in [-0.25, -0.2) is 4.98 Å². The van der Waals surface area contributed by atoms with Gasteiger partial charge in [0, 0.05) is 12.0 Å². The van der Waals surface area contributed by atoms with Crippen LogP contribution in [0.3, 0.4) is 0 Å². The van der Waals surface area contributed by atoms with Crippen molar-refractivity contribution < 1.29 is 0 Å². The summed E-state index contributed by atoms with van der Waals surface area (Å²) in [5.41, 5.74) is 3.75. The zero-order chi connectivity index (χ0) is 14.9. The molecule has 0 radical (unpaired) electrons. The number of hydrogen-bond donors (Lipinski definition) is 0. The van der Waals surface area contributed by atoms with Crippen LogP contribution in [0, 0.1) is 0 Å². The van der Waals surface area contributed by atoms with Crippen molar-refractivity contribution in [2.45, 2.75) is 39.2 Å². The maximum Gasteiger partial charge on any atom is 0.115 e. The number of nitrogens with zero attached hydrogens (tertiary/aromatic N) is 2. The summed E-state index contributed by atoms with van der Waals surface area (Å²) in [7, 11) is 0. The second kappa shape index (κ2) is 5.36. The Labute approximate surface area is 126 Å². The molecule has 0 aliphatic rings. The Morgan fingerprint density at radius 1 is 0.905 bits per heavy atom. The second-order valence-electron chi connectivity index (χ2n) is 6.56. The summed E-state index contributed by atoms with van der Waals surface area (Å²) in [5, 5.41) is 0. The predicted molar refractivity (Wildman–Crippen MR) is 88.6 cm³/mol. The molecule has 1 heterocycles. The van der Waals surface area contributed by atoms with E-state index in [9.17, 15) is 0 Å². The summed E-state index contributed by atoms with van der Waals surface area (Å²) in [6.45, 7) is 7.66. The topological polar surface area (TPSA) is 17.8 Å². The molecule has 2 heteroatoms. The standard InChI is InChI=1S/C19H22N2/c1-19(2,3)18-20-16-11-7-8-12-17(16)21(18)14-13-15-9-5-4-6-10-15/h4-12H,13-14H2,1-3H3. The highest BCUT2D eigenvalue weighted by Gasteiger charge is 2.22. The quantitative estimate of drug-likeness (QED) is 0.686. The van der Waals surface area contributed by atoms with Crippen molar-refractivity contribution in [3.63, 3.8) is 0 Å². The molecule has 0 fully saturated rings. The molecule has 3 rings (SSSR count). The molecule has 2 aromatic carbocycles. The number of para-hydroxylation sites is 2. The van der Waals surface area contributed by atoms with Crippen LogP contribution in [0.1, 0.15) is 32.2 Å². The molecular weight excluding hydrogens is 256 g/mol. The van der Waals surface area contributed by atoms with E-state index in [0.29, 0.717) is 0 Å². The van der Waals surface area contributed by atoms with Gasteiger partial charge < -0.3 is 4.57 Å². The van der Waals surface area contributed by atoms with E-state index >= 15 is 0 Å². The maximum absolute atomic E-state index is 4.86. The number of imidazole rings is 1. The van der Waals surface area contributed by atoms with E-state index in [1.54, 1.807) is 0 Å². The molecule has 2 nitrogen and oxygen atoms in total. The largest absolute Gasteiger partial charge is 0.327 e. The van der Waals surface area contributed by atoms with Crippen LogP contribution in [-0.2, 0) is 18.4 Å². The van der Waals surface area contributed by atoms with Gasteiger partial charge in [-0.3, -0.25) is 0 Å². The lowest BCUT2D eigenvalue weighted by molar-refractivity contribution is 0.504. The van der Waals surface area contributed by atoms with Crippen molar-refractivity contribution in [3.05, 3.63) is 66.0 Å². The first kappa shape index (κ1) is 13.9. The minimum Gasteiger partial charge on any atom is -0.327 e. The van der Waals surface area contributed by atoms with Gasteiger partial charge in [0.15, 0.2) is 0 Å². The Hall–Kier alpha value is -2.09. The third-order valence-electron chi connectivity index (χ3n) is 3.79. The first-order valence-corrected chi connectivity index (χ1v) is 7.55. The second-order valence-corrected chi connectivity index (χ2v) is 6.56. The van der Waals surface area contributed by atoms with Crippen LogP contribution >= 0.6 is 0 Å². The van der Waals surface area contributed by atoms with Crippen molar-refractivity contribution in [2.75, 3.05) is 0 Å². The molecule has 0 amide bonds. The van der Waals surface area contributed by atoms with Crippen molar-refractivity contribution >= 4 is 11.0 Å². The van der Waals surface area contributed by atoms with E-state index in [2.05, 4.69) is 79.9 Å². The fourth-order valence-corrected chi connectivity index (χ4v) is 2.76. The summed E-state index contributed by atoms with van der Waals surface area (Å²) < 4.78 is 2.38. The molecule has 3 aromatic rings. The molecule has 0 unspecified atom stereocenters. The molecule has 0 saturated heterocycles. The maximum atomic E-state index is 4.86. The highest BCUT2D eigenvalue weighted by Crippen LogP contribution is 2.26. The van der Waals surface area contributed by atoms with E-state index in [0.717, 1.165) is 18.5 Å². The van der Waals surface area contributed by atoms with E-state index < -0.39 is 0 Å². The summed E-state index contributed by atoms with van der Waals surface area (Å²) in [4.78, 5) is 4.86. The number of benzene rings is 2. The SMILES string of the molecule is CC(C)(C)c1nc2ccccc2n1CCc1ccccc1. The third-order valence-corrected chi connectivity index (χ3v) is 3.79. The van der Waals surface area contributed by atoms with Crippen molar-refractivity contribution in [3.8, 4) is 0 Å². The molecule has 0 aliphatic heterocycles. The lowest BCUT2D eigenvalue weighted by Gasteiger charge is -2.20. The predicted octanol–water partition coefficient (Wildman–Crippen LogP) is 4.58. The Morgan fingerprint density at radius 3 is 2.29 bits per heavy atom. The van der Waals surface area contributed by atoms with Crippen molar-refractivity contribution in [2.24, 2.45) is 0 Å². The lowest BCUT2D eigenvalue weighted by Crippen LogP contribution is -2.19. The smallest absolute Gasteiger partial charge is 0.115 e. The average molecular weight is 278 g/mol. The van der Waals surface area contributed by atoms with E-state index in [1.165, 1.54) is 16.9 Å². The van der Waals surface area contributed by atoms with Gasteiger partial charge in [-0.15, -0.1) is 0 Å². The average Bonchev–Trinajstić information content (AvgIpc) is 2.85. The minimum atomic E-state index is 0.0513. The molecule has 0 spiro atoms. The molecule has 0 saturated carbocycles. The Balaban J connectivity index is 1.99. The molecule has 0 bridgehead atoms. The minimum absolute atomic E-state index is 0.0513. The highest BCUT2D eigenvalue weighted by atomic mass is 15.1. The molecular formula is C19H22N2. The zero-order valence-electron chi connectivity index (χ0n) is 13.0. The number of aromatic nitrogens is 2. The van der Waals surface area contributed by atoms with Crippen LogP contribution < -0.4 is 0 Å². The summed E-state index contributed by atoms with van der Waals surface area (Å²) in [6.07, 6.45) is 1.03. The molecule has 1 aromatic heterocycles. The van der Waals surface area contributed by atoms with Gasteiger partial charge in [0.1, 0.15) is 5.82 Å². The fraction of sp³-hybridized carbons (Fsp3) is 0.316. The normalized spacial score (nSPS) is 12.0. The van der Waals surface area contributed by atoms with E-state index in [1.807, 2.05) is 0 Å². The Bertz CT molecular complexity index is 733. The molecule has 108 valence electrons. The molecule has 21 heavy (non-hydrogen) atoms. The lowest BCUT2D eigenvalue weighted by atomic mass is 9.95. The Kier molecular flexibility index (Phi) is 3.54. The first-order chi connectivity index (χ1) is 10.1. The van der Waals surface area contributed by atoms with Crippen LogP contribution in [0.15, 0.2) is 54.6 Å². The Morgan fingerprint density at radius 2 is 1.57 bits per heavy atom. The highest BCUT2D eigenvalue weighted by molar-refractivity contribution is 5.76. The van der Waals surface area contributed by atoms with Crippen LogP contribution in [0.4, 0.5) is 0 Å². The van der Waals surface area contributed by atoms with Gasteiger partial charge in [-0.05, 0) is 24.1 Å². The third kappa shape index (κ3) is 2.85. The van der Waals surface area contributed by atoms with Gasteiger partial charge in [-0.2, -0.15) is 0 Å². The van der Waals surface area contributed by atoms with Crippen molar-refractivity contribution in [1.29, 1.82) is 0 Å². The van der Waals surface area contributed by atoms with Gasteiger partial charge in [0.25, 0.3) is 0 Å². The zero-order valence-corrected chi connectivity index (χ0v) is 13.0. The first-order valence-electron chi connectivity index (χ1n) is 7.55. The number of aryl methyl sites for hydroxylation is 2. The molecule has 0 N–H and O–H groups in total. The number of hydrogen-bond acceptors (Lipinski definition) is 1. The molecule has 0 atom stereocenters. The van der Waals surface area contributed by atoms with Crippen molar-refractivity contribution in [1.82, 2.24) is 9.55 Å². The van der Waals surface area contributed by atoms with Gasteiger partial charge in [0.05, 0.1) is 11.0 Å². The summed E-state index contributed by atoms with van der Waals surface area (Å²) >= 11 is 0. The molecule has 0 aliphatic carbocycles. The monoisotopic (exact) mass is 278 g/mol.